The quantitative estimate of drug-likeness (QED) is 0.745. The Morgan fingerprint density at radius 2 is 2.06 bits per heavy atom. The van der Waals surface area contributed by atoms with E-state index in [1.807, 2.05) is 7.05 Å². The molecule has 0 spiro atoms. The van der Waals surface area contributed by atoms with Crippen LogP contribution >= 0.6 is 0 Å². The van der Waals surface area contributed by atoms with E-state index in [9.17, 15) is 0 Å². The molecule has 1 unspecified atom stereocenters. The molecule has 0 bridgehead atoms. The molecule has 0 heterocycles. The van der Waals surface area contributed by atoms with Crippen LogP contribution < -0.4 is 5.32 Å². The second kappa shape index (κ2) is 6.35. The van der Waals surface area contributed by atoms with Crippen molar-refractivity contribution in [2.45, 2.75) is 39.2 Å². The summed E-state index contributed by atoms with van der Waals surface area (Å²) in [5.41, 5.74) is 4.11. The number of hydrogen-bond donors (Lipinski definition) is 1. The highest BCUT2D eigenvalue weighted by atomic mass is 14.9. The summed E-state index contributed by atoms with van der Waals surface area (Å²) in [7, 11) is 2.00. The Balaban J connectivity index is 2.63. The van der Waals surface area contributed by atoms with Crippen molar-refractivity contribution in [2.75, 3.05) is 7.05 Å². The number of hydrogen-bond acceptors (Lipinski definition) is 1. The fourth-order valence-corrected chi connectivity index (χ4v) is 1.82. The van der Waals surface area contributed by atoms with Gasteiger partial charge in [-0.3, -0.25) is 0 Å². The number of terminal acetylenes is 1. The lowest BCUT2D eigenvalue weighted by atomic mass is 9.99. The summed E-state index contributed by atoms with van der Waals surface area (Å²) in [5, 5.41) is 3.32. The molecular weight excluding hydrogens is 194 g/mol. The minimum atomic E-state index is 0.484. The third kappa shape index (κ3) is 3.72. The van der Waals surface area contributed by atoms with Gasteiger partial charge in [-0.25, -0.2) is 0 Å². The predicted molar refractivity (Wildman–Crippen MR) is 70.5 cm³/mol. The first kappa shape index (κ1) is 12.8. The van der Waals surface area contributed by atoms with Crippen molar-refractivity contribution in [1.82, 2.24) is 5.32 Å². The second-order valence-electron chi connectivity index (χ2n) is 4.35. The van der Waals surface area contributed by atoms with Crippen molar-refractivity contribution < 1.29 is 0 Å². The van der Waals surface area contributed by atoms with Crippen LogP contribution in [0.25, 0.3) is 0 Å². The van der Waals surface area contributed by atoms with Crippen LogP contribution in [0.15, 0.2) is 18.2 Å². The van der Waals surface area contributed by atoms with Crippen LogP contribution in [0, 0.1) is 26.2 Å². The van der Waals surface area contributed by atoms with Gasteiger partial charge in [0.1, 0.15) is 0 Å². The van der Waals surface area contributed by atoms with E-state index in [1.54, 1.807) is 0 Å². The SMILES string of the molecule is C#CCCC(Cc1ccc(C)c(C)c1)NC. The Bertz CT molecular complexity index is 374. The van der Waals surface area contributed by atoms with Crippen molar-refractivity contribution in [1.29, 1.82) is 0 Å². The first-order valence-corrected chi connectivity index (χ1v) is 5.84. The second-order valence-corrected chi connectivity index (χ2v) is 4.35. The Hall–Kier alpha value is -1.26. The van der Waals surface area contributed by atoms with Crippen LogP contribution in [0.3, 0.4) is 0 Å². The van der Waals surface area contributed by atoms with E-state index in [4.69, 9.17) is 6.42 Å². The number of rotatable bonds is 5. The molecular formula is C15H21N. The average molecular weight is 215 g/mol. The molecule has 0 aliphatic rings. The first-order chi connectivity index (χ1) is 7.67. The molecule has 0 aliphatic carbocycles. The molecule has 1 rings (SSSR count). The number of nitrogens with one attached hydrogen (secondary N) is 1. The van der Waals surface area contributed by atoms with Gasteiger partial charge in [-0.2, -0.15) is 0 Å². The van der Waals surface area contributed by atoms with Gasteiger partial charge in [-0.05, 0) is 50.4 Å². The van der Waals surface area contributed by atoms with E-state index < -0.39 is 0 Å². The molecule has 0 saturated heterocycles. The third-order valence-corrected chi connectivity index (χ3v) is 3.10. The molecule has 86 valence electrons. The molecule has 0 amide bonds. The van der Waals surface area contributed by atoms with Gasteiger partial charge in [-0.1, -0.05) is 18.2 Å². The van der Waals surface area contributed by atoms with E-state index in [2.05, 4.69) is 43.3 Å². The Morgan fingerprint density at radius 1 is 1.31 bits per heavy atom. The highest BCUT2D eigenvalue weighted by Crippen LogP contribution is 2.13. The summed E-state index contributed by atoms with van der Waals surface area (Å²) in [6, 6.07) is 7.16. The normalized spacial score (nSPS) is 12.1. The molecule has 0 fully saturated rings. The van der Waals surface area contributed by atoms with Crippen molar-refractivity contribution in [3.63, 3.8) is 0 Å². The molecule has 16 heavy (non-hydrogen) atoms. The molecule has 1 aromatic carbocycles. The van der Waals surface area contributed by atoms with E-state index >= 15 is 0 Å². The molecule has 1 atom stereocenters. The maximum Gasteiger partial charge on any atom is 0.0113 e. The maximum absolute atomic E-state index is 5.29. The summed E-state index contributed by atoms with van der Waals surface area (Å²) in [6.45, 7) is 4.31. The molecule has 0 aliphatic heterocycles. The summed E-state index contributed by atoms with van der Waals surface area (Å²) in [6.07, 6.45) is 8.23. The fraction of sp³-hybridized carbons (Fsp3) is 0.467. The Labute approximate surface area is 99.3 Å². The lowest BCUT2D eigenvalue weighted by molar-refractivity contribution is 0.527. The van der Waals surface area contributed by atoms with Crippen LogP contribution in [0.4, 0.5) is 0 Å². The summed E-state index contributed by atoms with van der Waals surface area (Å²) < 4.78 is 0. The van der Waals surface area contributed by atoms with Crippen molar-refractivity contribution in [3.8, 4) is 12.3 Å². The van der Waals surface area contributed by atoms with Gasteiger partial charge in [0.25, 0.3) is 0 Å². The first-order valence-electron chi connectivity index (χ1n) is 5.84. The monoisotopic (exact) mass is 215 g/mol. The zero-order valence-corrected chi connectivity index (χ0v) is 10.5. The van der Waals surface area contributed by atoms with Crippen molar-refractivity contribution >= 4 is 0 Å². The van der Waals surface area contributed by atoms with E-state index in [1.165, 1.54) is 16.7 Å². The van der Waals surface area contributed by atoms with E-state index in [0.29, 0.717) is 6.04 Å². The largest absolute Gasteiger partial charge is 0.317 e. The minimum Gasteiger partial charge on any atom is -0.317 e. The Kier molecular flexibility index (Phi) is 5.08. The molecule has 1 heteroatoms. The lowest BCUT2D eigenvalue weighted by Gasteiger charge is -2.15. The van der Waals surface area contributed by atoms with Crippen LogP contribution in [0.2, 0.25) is 0 Å². The van der Waals surface area contributed by atoms with E-state index in [0.717, 1.165) is 19.3 Å². The standard InChI is InChI=1S/C15H21N/c1-5-6-7-15(16-4)11-14-9-8-12(2)13(3)10-14/h1,8-10,15-16H,6-7,11H2,2-4H3. The highest BCUT2D eigenvalue weighted by Gasteiger charge is 2.06. The van der Waals surface area contributed by atoms with Crippen molar-refractivity contribution in [2.24, 2.45) is 0 Å². The number of likely N-dealkylation sites (N-methyl/N-ethyl adjacent to an activating group) is 1. The molecule has 1 aromatic rings. The summed E-state index contributed by atoms with van der Waals surface area (Å²) in [4.78, 5) is 0. The third-order valence-electron chi connectivity index (χ3n) is 3.10. The minimum absolute atomic E-state index is 0.484. The zero-order valence-electron chi connectivity index (χ0n) is 10.5. The zero-order chi connectivity index (χ0) is 12.0. The van der Waals surface area contributed by atoms with Crippen molar-refractivity contribution in [3.05, 3.63) is 34.9 Å². The van der Waals surface area contributed by atoms with Crippen LogP contribution in [-0.2, 0) is 6.42 Å². The molecule has 0 saturated carbocycles. The van der Waals surface area contributed by atoms with E-state index in [-0.39, 0.29) is 0 Å². The summed E-state index contributed by atoms with van der Waals surface area (Å²) >= 11 is 0. The smallest absolute Gasteiger partial charge is 0.0113 e. The van der Waals surface area contributed by atoms with Gasteiger partial charge in [0.2, 0.25) is 0 Å². The summed E-state index contributed by atoms with van der Waals surface area (Å²) in [5.74, 6) is 2.70. The lowest BCUT2D eigenvalue weighted by Crippen LogP contribution is -2.27. The number of benzene rings is 1. The molecule has 0 aromatic heterocycles. The predicted octanol–water partition coefficient (Wildman–Crippen LogP) is 2.85. The topological polar surface area (TPSA) is 12.0 Å². The molecule has 1 nitrogen and oxygen atoms in total. The van der Waals surface area contributed by atoms with Gasteiger partial charge in [0.15, 0.2) is 0 Å². The number of aryl methyl sites for hydroxylation is 2. The fourth-order valence-electron chi connectivity index (χ4n) is 1.82. The highest BCUT2D eigenvalue weighted by molar-refractivity contribution is 5.30. The maximum atomic E-state index is 5.29. The molecule has 1 N–H and O–H groups in total. The average Bonchev–Trinajstić information content (AvgIpc) is 2.29. The van der Waals surface area contributed by atoms with Gasteiger partial charge in [-0.15, -0.1) is 12.3 Å². The van der Waals surface area contributed by atoms with Crippen LogP contribution in [0.5, 0.6) is 0 Å². The van der Waals surface area contributed by atoms with Gasteiger partial charge in [0.05, 0.1) is 0 Å². The Morgan fingerprint density at radius 3 is 2.62 bits per heavy atom. The van der Waals surface area contributed by atoms with Gasteiger partial charge >= 0.3 is 0 Å². The van der Waals surface area contributed by atoms with Crippen LogP contribution in [0.1, 0.15) is 29.5 Å². The van der Waals surface area contributed by atoms with Gasteiger partial charge < -0.3 is 5.32 Å². The van der Waals surface area contributed by atoms with Crippen LogP contribution in [-0.4, -0.2) is 13.1 Å². The van der Waals surface area contributed by atoms with Gasteiger partial charge in [0, 0.05) is 12.5 Å². The molecule has 0 radical (unpaired) electrons.